The summed E-state index contributed by atoms with van der Waals surface area (Å²) in [6.07, 6.45) is 7.83. The molecule has 0 radical (unpaired) electrons. The van der Waals surface area contributed by atoms with E-state index in [9.17, 15) is 5.11 Å². The third kappa shape index (κ3) is 1.32. The zero-order valence-electron chi connectivity index (χ0n) is 8.35. The predicted octanol–water partition coefficient (Wildman–Crippen LogP) is 3.09. The number of alkyl halides is 1. The first kappa shape index (κ1) is 9.79. The molecule has 0 aromatic carbocycles. The molecule has 0 unspecified atom stereocenters. The van der Waals surface area contributed by atoms with Gasteiger partial charge in [0.2, 0.25) is 0 Å². The van der Waals surface area contributed by atoms with E-state index in [1.54, 1.807) is 0 Å². The summed E-state index contributed by atoms with van der Waals surface area (Å²) in [5.74, 6) is 0. The van der Waals surface area contributed by atoms with Crippen LogP contribution in [0.25, 0.3) is 0 Å². The summed E-state index contributed by atoms with van der Waals surface area (Å²) in [4.78, 5) is 0. The maximum atomic E-state index is 10.6. The second kappa shape index (κ2) is 3.13. The van der Waals surface area contributed by atoms with E-state index < -0.39 is 5.60 Å². The fourth-order valence-corrected chi connectivity index (χ4v) is 3.74. The lowest BCUT2D eigenvalue weighted by atomic mass is 9.57. The van der Waals surface area contributed by atoms with Gasteiger partial charge in [-0.15, -0.1) is 11.6 Å². The van der Waals surface area contributed by atoms with Crippen molar-refractivity contribution >= 4 is 11.6 Å². The molecule has 3 atom stereocenters. The standard InChI is InChI=1S/C11H19ClO/c1-10-6-2-3-8-11(10,13)9(12)5-4-7-10/h9,13H,2-8H2,1H3/t9-,10-,11+/m1/s1. The maximum absolute atomic E-state index is 10.6. The predicted molar refractivity (Wildman–Crippen MR) is 55.0 cm³/mol. The van der Waals surface area contributed by atoms with Crippen LogP contribution in [0.15, 0.2) is 0 Å². The van der Waals surface area contributed by atoms with E-state index in [1.807, 2.05) is 0 Å². The van der Waals surface area contributed by atoms with Gasteiger partial charge in [0, 0.05) is 0 Å². The molecular weight excluding hydrogens is 184 g/mol. The molecule has 0 aliphatic heterocycles. The van der Waals surface area contributed by atoms with E-state index >= 15 is 0 Å². The van der Waals surface area contributed by atoms with Crippen LogP contribution in [0.5, 0.6) is 0 Å². The molecule has 2 rings (SSSR count). The molecule has 0 aromatic rings. The SMILES string of the molecule is C[C@]12CCCC[C@]1(O)[C@H](Cl)CCC2. The summed E-state index contributed by atoms with van der Waals surface area (Å²) in [6.45, 7) is 2.22. The first-order valence-corrected chi connectivity index (χ1v) is 5.89. The van der Waals surface area contributed by atoms with E-state index in [1.165, 1.54) is 12.8 Å². The third-order valence-electron chi connectivity index (χ3n) is 4.29. The van der Waals surface area contributed by atoms with Gasteiger partial charge in [-0.2, -0.15) is 0 Å². The van der Waals surface area contributed by atoms with Crippen LogP contribution >= 0.6 is 11.6 Å². The van der Waals surface area contributed by atoms with E-state index in [0.717, 1.165) is 32.1 Å². The molecule has 13 heavy (non-hydrogen) atoms. The molecule has 0 aromatic heterocycles. The fraction of sp³-hybridized carbons (Fsp3) is 1.00. The summed E-state index contributed by atoms with van der Waals surface area (Å²) < 4.78 is 0. The Balaban J connectivity index is 2.27. The molecule has 0 bridgehead atoms. The van der Waals surface area contributed by atoms with E-state index in [0.29, 0.717) is 0 Å². The lowest BCUT2D eigenvalue weighted by Gasteiger charge is -2.54. The smallest absolute Gasteiger partial charge is 0.0863 e. The molecular formula is C11H19ClO. The molecule has 0 amide bonds. The molecule has 1 N–H and O–H groups in total. The van der Waals surface area contributed by atoms with Gasteiger partial charge in [0.1, 0.15) is 0 Å². The first-order valence-electron chi connectivity index (χ1n) is 5.45. The molecule has 0 heterocycles. The summed E-state index contributed by atoms with van der Waals surface area (Å²) >= 11 is 6.27. The van der Waals surface area contributed by atoms with Crippen molar-refractivity contribution in [2.24, 2.45) is 5.41 Å². The quantitative estimate of drug-likeness (QED) is 0.599. The summed E-state index contributed by atoms with van der Waals surface area (Å²) in [7, 11) is 0. The van der Waals surface area contributed by atoms with Gasteiger partial charge in [-0.25, -0.2) is 0 Å². The van der Waals surface area contributed by atoms with Gasteiger partial charge >= 0.3 is 0 Å². The Labute approximate surface area is 85.5 Å². The third-order valence-corrected chi connectivity index (χ3v) is 4.87. The van der Waals surface area contributed by atoms with Crippen LogP contribution in [0.2, 0.25) is 0 Å². The Bertz CT molecular complexity index is 202. The normalized spacial score (nSPS) is 51.5. The molecule has 2 fully saturated rings. The van der Waals surface area contributed by atoms with Crippen LogP contribution in [0.4, 0.5) is 0 Å². The molecule has 2 saturated carbocycles. The number of fused-ring (bicyclic) bond motifs is 1. The van der Waals surface area contributed by atoms with Gasteiger partial charge in [-0.1, -0.05) is 26.2 Å². The van der Waals surface area contributed by atoms with Gasteiger partial charge in [-0.05, 0) is 31.1 Å². The molecule has 2 aliphatic carbocycles. The lowest BCUT2D eigenvalue weighted by Crippen LogP contribution is -2.57. The van der Waals surface area contributed by atoms with Crippen LogP contribution in [0.1, 0.15) is 51.9 Å². The highest BCUT2D eigenvalue weighted by molar-refractivity contribution is 6.21. The molecule has 2 heteroatoms. The first-order chi connectivity index (χ1) is 6.08. The van der Waals surface area contributed by atoms with Crippen molar-refractivity contribution in [1.82, 2.24) is 0 Å². The topological polar surface area (TPSA) is 20.2 Å². The van der Waals surface area contributed by atoms with Crippen molar-refractivity contribution in [1.29, 1.82) is 0 Å². The van der Waals surface area contributed by atoms with E-state index in [4.69, 9.17) is 11.6 Å². The Morgan fingerprint density at radius 1 is 1.15 bits per heavy atom. The highest BCUT2D eigenvalue weighted by atomic mass is 35.5. The summed E-state index contributed by atoms with van der Waals surface area (Å²) in [5.41, 5.74) is -0.457. The molecule has 2 aliphatic rings. The van der Waals surface area contributed by atoms with Gasteiger partial charge in [-0.3, -0.25) is 0 Å². The van der Waals surface area contributed by atoms with Crippen molar-refractivity contribution in [2.75, 3.05) is 0 Å². The second-order valence-corrected chi connectivity index (χ2v) is 5.58. The van der Waals surface area contributed by atoms with Crippen molar-refractivity contribution < 1.29 is 5.11 Å². The van der Waals surface area contributed by atoms with Gasteiger partial charge < -0.3 is 5.11 Å². The Morgan fingerprint density at radius 3 is 2.46 bits per heavy atom. The van der Waals surface area contributed by atoms with E-state index in [-0.39, 0.29) is 10.8 Å². The number of hydrogen-bond donors (Lipinski definition) is 1. The van der Waals surface area contributed by atoms with Crippen molar-refractivity contribution in [2.45, 2.75) is 62.8 Å². The average Bonchev–Trinajstić information content (AvgIpc) is 2.09. The van der Waals surface area contributed by atoms with Crippen molar-refractivity contribution in [3.8, 4) is 0 Å². The zero-order chi connectivity index (χ0) is 9.53. The number of halogens is 1. The Hall–Kier alpha value is 0.250. The van der Waals surface area contributed by atoms with Gasteiger partial charge in [0.15, 0.2) is 0 Å². The highest BCUT2D eigenvalue weighted by Gasteiger charge is 2.54. The largest absolute Gasteiger partial charge is 0.388 e. The monoisotopic (exact) mass is 202 g/mol. The summed E-state index contributed by atoms with van der Waals surface area (Å²) in [5, 5.41) is 10.6. The molecule has 0 spiro atoms. The highest BCUT2D eigenvalue weighted by Crippen LogP contribution is 2.54. The van der Waals surface area contributed by atoms with Crippen LogP contribution in [-0.2, 0) is 0 Å². The van der Waals surface area contributed by atoms with E-state index in [2.05, 4.69) is 6.92 Å². The minimum absolute atomic E-state index is 0.00782. The minimum Gasteiger partial charge on any atom is -0.388 e. The van der Waals surface area contributed by atoms with Crippen LogP contribution in [0.3, 0.4) is 0 Å². The fourth-order valence-electron chi connectivity index (χ4n) is 3.21. The number of aliphatic hydroxyl groups is 1. The lowest BCUT2D eigenvalue weighted by molar-refractivity contribution is -0.128. The summed E-state index contributed by atoms with van der Waals surface area (Å²) in [6, 6.07) is 0. The molecule has 76 valence electrons. The average molecular weight is 203 g/mol. The van der Waals surface area contributed by atoms with Gasteiger partial charge in [0.05, 0.1) is 11.0 Å². The molecule has 0 saturated heterocycles. The minimum atomic E-state index is -0.564. The van der Waals surface area contributed by atoms with Crippen molar-refractivity contribution in [3.05, 3.63) is 0 Å². The van der Waals surface area contributed by atoms with Crippen LogP contribution in [0, 0.1) is 5.41 Å². The second-order valence-electron chi connectivity index (χ2n) is 5.05. The van der Waals surface area contributed by atoms with Crippen molar-refractivity contribution in [3.63, 3.8) is 0 Å². The van der Waals surface area contributed by atoms with Crippen LogP contribution < -0.4 is 0 Å². The maximum Gasteiger partial charge on any atom is 0.0863 e. The Kier molecular flexibility index (Phi) is 2.36. The molecule has 1 nitrogen and oxygen atoms in total. The number of rotatable bonds is 0. The van der Waals surface area contributed by atoms with Gasteiger partial charge in [0.25, 0.3) is 0 Å². The zero-order valence-corrected chi connectivity index (χ0v) is 9.11. The Morgan fingerprint density at radius 2 is 1.77 bits per heavy atom. The number of hydrogen-bond acceptors (Lipinski definition) is 1. The van der Waals surface area contributed by atoms with Crippen LogP contribution in [-0.4, -0.2) is 16.1 Å².